The summed E-state index contributed by atoms with van der Waals surface area (Å²) in [5, 5.41) is 3.10. The van der Waals surface area contributed by atoms with E-state index in [1.807, 2.05) is 6.92 Å². The second kappa shape index (κ2) is 14.7. The molecule has 0 saturated carbocycles. The number of hydrogen-bond donors (Lipinski definition) is 1. The van der Waals surface area contributed by atoms with E-state index in [0.29, 0.717) is 49.0 Å². The van der Waals surface area contributed by atoms with E-state index in [1.54, 1.807) is 36.4 Å². The van der Waals surface area contributed by atoms with Crippen LogP contribution in [0.5, 0.6) is 11.5 Å². The number of nitrogens with one attached hydrogen (secondary N) is 1. The Hall–Kier alpha value is -2.97. The molecule has 4 rings (SSSR count). The van der Waals surface area contributed by atoms with Crippen LogP contribution in [0.15, 0.2) is 53.4 Å². The number of benzene rings is 3. The summed E-state index contributed by atoms with van der Waals surface area (Å²) in [6.45, 7) is 1.83. The average molecular weight is 776 g/mol. The van der Waals surface area contributed by atoms with Crippen LogP contribution < -0.4 is 14.8 Å². The Bertz CT molecular complexity index is 1650. The second-order valence-electron chi connectivity index (χ2n) is 8.79. The molecular formula is C29H22Cl3IN2O7S. The summed E-state index contributed by atoms with van der Waals surface area (Å²) in [6.07, 6.45) is 1.55. The maximum atomic E-state index is 13.1. The molecule has 3 amide bonds. The molecule has 1 N–H and O–H groups in total. The monoisotopic (exact) mass is 774 g/mol. The molecular weight excluding hydrogens is 754 g/mol. The van der Waals surface area contributed by atoms with E-state index in [9.17, 15) is 19.2 Å². The fourth-order valence-electron chi connectivity index (χ4n) is 3.86. The number of nitrogens with zero attached hydrogens (tertiary/aromatic N) is 1. The highest BCUT2D eigenvalue weighted by Gasteiger charge is 2.36. The van der Waals surface area contributed by atoms with Crippen LogP contribution in [-0.2, 0) is 20.9 Å². The third-order valence-electron chi connectivity index (χ3n) is 5.85. The largest absolute Gasteiger partial charge is 0.490 e. The maximum Gasteiger partial charge on any atom is 0.339 e. The third-order valence-corrected chi connectivity index (χ3v) is 8.47. The quantitative estimate of drug-likeness (QED) is 0.127. The molecule has 0 spiro atoms. The lowest BCUT2D eigenvalue weighted by molar-refractivity contribution is -0.127. The molecule has 1 saturated heterocycles. The number of anilines is 1. The normalized spacial score (nSPS) is 13.8. The Kier molecular flexibility index (Phi) is 11.2. The van der Waals surface area contributed by atoms with Crippen molar-refractivity contribution in [3.8, 4) is 11.5 Å². The van der Waals surface area contributed by atoms with E-state index >= 15 is 0 Å². The number of esters is 1. The Morgan fingerprint density at radius 3 is 2.49 bits per heavy atom. The zero-order valence-corrected chi connectivity index (χ0v) is 27.8. The first-order chi connectivity index (χ1) is 20.5. The van der Waals surface area contributed by atoms with E-state index in [1.165, 1.54) is 25.3 Å². The average Bonchev–Trinajstić information content (AvgIpc) is 3.21. The first-order valence-electron chi connectivity index (χ1n) is 12.5. The Balaban J connectivity index is 1.48. The van der Waals surface area contributed by atoms with Gasteiger partial charge in [0.15, 0.2) is 11.5 Å². The number of methoxy groups -OCH3 is 1. The van der Waals surface area contributed by atoms with E-state index in [2.05, 4.69) is 32.6 Å². The van der Waals surface area contributed by atoms with Gasteiger partial charge in [0, 0.05) is 21.3 Å². The molecule has 0 radical (unpaired) electrons. The van der Waals surface area contributed by atoms with E-state index in [0.717, 1.165) is 10.5 Å². The summed E-state index contributed by atoms with van der Waals surface area (Å²) in [5.41, 5.74) is 1.64. The third kappa shape index (κ3) is 8.15. The predicted molar refractivity (Wildman–Crippen MR) is 175 cm³/mol. The SMILES string of the molecule is CCOc1cc(/C=C2/SC(=O)N(CC(=O)Nc3ccc(Cl)c(C(=O)OC)c3)C2=O)cc(I)c1OCc1ccc(Cl)cc1Cl. The lowest BCUT2D eigenvalue weighted by Crippen LogP contribution is -2.36. The predicted octanol–water partition coefficient (Wildman–Crippen LogP) is 7.69. The number of halogens is 4. The number of carbonyl (C=O) groups is 4. The van der Waals surface area contributed by atoms with E-state index in [-0.39, 0.29) is 27.8 Å². The first kappa shape index (κ1) is 32.9. The smallest absolute Gasteiger partial charge is 0.339 e. The van der Waals surface area contributed by atoms with E-state index < -0.39 is 29.6 Å². The zero-order valence-electron chi connectivity index (χ0n) is 22.5. The summed E-state index contributed by atoms with van der Waals surface area (Å²) in [5.74, 6) is -1.00. The summed E-state index contributed by atoms with van der Waals surface area (Å²) >= 11 is 21.1. The molecule has 0 bridgehead atoms. The first-order valence-corrected chi connectivity index (χ1v) is 15.5. The number of imide groups is 1. The standard InChI is InChI=1S/C29H22Cl3IN2O7S/c1-3-41-23-9-15(8-22(33)26(23)42-14-16-4-5-17(30)11-21(16)32)10-24-27(37)35(29(39)43-24)13-25(36)34-18-6-7-20(31)19(12-18)28(38)40-2/h4-12H,3,13-14H2,1-2H3,(H,34,36)/b24-10+. The van der Waals surface area contributed by atoms with Crippen molar-refractivity contribution in [3.63, 3.8) is 0 Å². The minimum absolute atomic E-state index is 0.0577. The van der Waals surface area contributed by atoms with Crippen molar-refractivity contribution >= 4 is 104 Å². The number of carbonyl (C=O) groups excluding carboxylic acids is 4. The molecule has 0 atom stereocenters. The van der Waals surface area contributed by atoms with Gasteiger partial charge in [-0.3, -0.25) is 19.3 Å². The molecule has 224 valence electrons. The molecule has 14 heteroatoms. The van der Waals surface area contributed by atoms with Crippen LogP contribution in [0.2, 0.25) is 15.1 Å². The fourth-order valence-corrected chi connectivity index (χ4v) is 6.14. The topological polar surface area (TPSA) is 111 Å². The summed E-state index contributed by atoms with van der Waals surface area (Å²) in [6, 6.07) is 12.9. The van der Waals surface area contributed by atoms with Gasteiger partial charge in [-0.05, 0) is 95.4 Å². The van der Waals surface area contributed by atoms with Crippen LogP contribution >= 0.6 is 69.2 Å². The molecule has 43 heavy (non-hydrogen) atoms. The highest BCUT2D eigenvalue weighted by atomic mass is 127. The lowest BCUT2D eigenvalue weighted by Gasteiger charge is -2.15. The van der Waals surface area contributed by atoms with Gasteiger partial charge in [-0.15, -0.1) is 0 Å². The minimum Gasteiger partial charge on any atom is -0.490 e. The minimum atomic E-state index is -0.676. The Morgan fingerprint density at radius 1 is 1.02 bits per heavy atom. The van der Waals surface area contributed by atoms with Gasteiger partial charge >= 0.3 is 5.97 Å². The number of hydrogen-bond acceptors (Lipinski definition) is 8. The van der Waals surface area contributed by atoms with Crippen molar-refractivity contribution in [1.29, 1.82) is 0 Å². The maximum absolute atomic E-state index is 13.1. The summed E-state index contributed by atoms with van der Waals surface area (Å²) < 4.78 is 17.2. The van der Waals surface area contributed by atoms with Crippen LogP contribution in [0, 0.1) is 3.57 Å². The molecule has 1 aliphatic heterocycles. The van der Waals surface area contributed by atoms with Crippen molar-refractivity contribution in [2.24, 2.45) is 0 Å². The molecule has 0 aliphatic carbocycles. The molecule has 9 nitrogen and oxygen atoms in total. The lowest BCUT2D eigenvalue weighted by atomic mass is 10.1. The summed E-state index contributed by atoms with van der Waals surface area (Å²) in [4.78, 5) is 51.3. The number of rotatable bonds is 10. The highest BCUT2D eigenvalue weighted by Crippen LogP contribution is 2.38. The van der Waals surface area contributed by atoms with Gasteiger partial charge in [-0.2, -0.15) is 0 Å². The van der Waals surface area contributed by atoms with Crippen molar-refractivity contribution in [1.82, 2.24) is 4.90 Å². The molecule has 0 aromatic heterocycles. The highest BCUT2D eigenvalue weighted by molar-refractivity contribution is 14.1. The van der Waals surface area contributed by atoms with Crippen molar-refractivity contribution < 1.29 is 33.4 Å². The molecule has 3 aromatic rings. The summed E-state index contributed by atoms with van der Waals surface area (Å²) in [7, 11) is 1.21. The Labute approximate surface area is 279 Å². The van der Waals surface area contributed by atoms with Gasteiger partial charge in [0.25, 0.3) is 11.1 Å². The van der Waals surface area contributed by atoms with Crippen LogP contribution in [0.1, 0.15) is 28.4 Å². The zero-order chi connectivity index (χ0) is 31.3. The Morgan fingerprint density at radius 2 is 1.79 bits per heavy atom. The van der Waals surface area contributed by atoms with Gasteiger partial charge in [0.1, 0.15) is 13.2 Å². The fraction of sp³-hybridized carbons (Fsp3) is 0.172. The van der Waals surface area contributed by atoms with Gasteiger partial charge < -0.3 is 19.5 Å². The molecule has 1 aliphatic rings. The van der Waals surface area contributed by atoms with E-state index in [4.69, 9.17) is 44.3 Å². The molecule has 3 aromatic carbocycles. The van der Waals surface area contributed by atoms with Gasteiger partial charge in [0.05, 0.1) is 32.8 Å². The number of thioether (sulfide) groups is 1. The van der Waals surface area contributed by atoms with Gasteiger partial charge in [-0.25, -0.2) is 4.79 Å². The van der Waals surface area contributed by atoms with Crippen molar-refractivity contribution in [2.75, 3.05) is 25.6 Å². The molecule has 0 unspecified atom stereocenters. The molecule has 1 heterocycles. The number of ether oxygens (including phenoxy) is 3. The van der Waals surface area contributed by atoms with Crippen LogP contribution in [0.4, 0.5) is 10.5 Å². The molecule has 1 fully saturated rings. The second-order valence-corrected chi connectivity index (χ2v) is 12.2. The van der Waals surface area contributed by atoms with Crippen LogP contribution in [-0.4, -0.2) is 48.2 Å². The van der Waals surface area contributed by atoms with Crippen LogP contribution in [0.3, 0.4) is 0 Å². The van der Waals surface area contributed by atoms with Crippen LogP contribution in [0.25, 0.3) is 6.08 Å². The van der Waals surface area contributed by atoms with Gasteiger partial charge in [-0.1, -0.05) is 40.9 Å². The number of amides is 3. The van der Waals surface area contributed by atoms with Crippen molar-refractivity contribution in [3.05, 3.63) is 88.8 Å². The van der Waals surface area contributed by atoms with Gasteiger partial charge in [0.2, 0.25) is 5.91 Å². The van der Waals surface area contributed by atoms with Crippen molar-refractivity contribution in [2.45, 2.75) is 13.5 Å².